The van der Waals surface area contributed by atoms with Crippen LogP contribution in [0.1, 0.15) is 55.0 Å². The Bertz CT molecular complexity index is 1950. The van der Waals surface area contributed by atoms with Crippen LogP contribution in [0, 0.1) is 16.0 Å². The summed E-state index contributed by atoms with van der Waals surface area (Å²) in [4.78, 5) is 51.5. The number of amides is 2. The molecule has 14 nitrogen and oxygen atoms in total. The van der Waals surface area contributed by atoms with Crippen LogP contribution in [-0.2, 0) is 37.8 Å². The van der Waals surface area contributed by atoms with Crippen molar-refractivity contribution >= 4 is 34.8 Å². The van der Waals surface area contributed by atoms with Gasteiger partial charge < -0.3 is 19.8 Å². The molecular formula is C36H36N6O8. The summed E-state index contributed by atoms with van der Waals surface area (Å²) in [6.07, 6.45) is 5.21. The van der Waals surface area contributed by atoms with Crippen molar-refractivity contribution < 1.29 is 34.3 Å². The SMILES string of the molecule is CC(=O)OC1CC(=O)N1c1ccc(CN2C(=O)[C@](O)([C@H](C)/C=C/CCn3cc(C(CO)c4ccccc4)nn3)c3cc([N+](=O)[O-])ccc32)cc1. The number of benzene rings is 3. The Morgan fingerprint density at radius 1 is 1.14 bits per heavy atom. The number of β-lactam (4-membered cyclic amide) rings is 1. The number of nitrogens with zero attached hydrogens (tertiary/aromatic N) is 6. The molecular weight excluding hydrogens is 644 g/mol. The van der Waals surface area contributed by atoms with E-state index in [1.807, 2.05) is 36.4 Å². The van der Waals surface area contributed by atoms with Gasteiger partial charge >= 0.3 is 5.97 Å². The van der Waals surface area contributed by atoms with Crippen LogP contribution in [-0.4, -0.2) is 60.7 Å². The molecule has 0 aliphatic carbocycles. The highest BCUT2D eigenvalue weighted by molar-refractivity contribution is 6.07. The smallest absolute Gasteiger partial charge is 0.304 e. The Balaban J connectivity index is 1.17. The maximum Gasteiger partial charge on any atom is 0.304 e. The Morgan fingerprint density at radius 3 is 2.54 bits per heavy atom. The topological polar surface area (TPSA) is 181 Å². The zero-order valence-corrected chi connectivity index (χ0v) is 27.5. The van der Waals surface area contributed by atoms with Gasteiger partial charge in [-0.15, -0.1) is 5.10 Å². The lowest BCUT2D eigenvalue weighted by atomic mass is 9.82. The number of carbonyl (C=O) groups is 3. The summed E-state index contributed by atoms with van der Waals surface area (Å²) in [5.41, 5.74) is 0.927. The van der Waals surface area contributed by atoms with Crippen LogP contribution >= 0.6 is 0 Å². The number of non-ortho nitro benzene ring substituents is 1. The molecule has 2 amide bonds. The molecule has 2 aliphatic heterocycles. The number of allylic oxidation sites excluding steroid dienone is 1. The molecule has 0 spiro atoms. The summed E-state index contributed by atoms with van der Waals surface area (Å²) in [5, 5.41) is 42.1. The van der Waals surface area contributed by atoms with Crippen molar-refractivity contribution in [2.75, 3.05) is 16.4 Å². The molecule has 6 rings (SSSR count). The fourth-order valence-electron chi connectivity index (χ4n) is 6.42. The molecule has 1 aromatic heterocycles. The van der Waals surface area contributed by atoms with Crippen LogP contribution in [0.25, 0.3) is 0 Å². The molecule has 1 fully saturated rings. The Morgan fingerprint density at radius 2 is 1.88 bits per heavy atom. The molecule has 4 aromatic rings. The number of nitro benzene ring substituents is 1. The lowest BCUT2D eigenvalue weighted by Crippen LogP contribution is -2.54. The highest BCUT2D eigenvalue weighted by atomic mass is 16.6. The number of carbonyl (C=O) groups excluding carboxylic acids is 3. The largest absolute Gasteiger partial charge is 0.441 e. The number of aromatic nitrogens is 3. The van der Waals surface area contributed by atoms with Crippen molar-refractivity contribution in [1.29, 1.82) is 0 Å². The summed E-state index contributed by atoms with van der Waals surface area (Å²) < 4.78 is 6.85. The number of fused-ring (bicyclic) bond motifs is 1. The van der Waals surface area contributed by atoms with Gasteiger partial charge in [-0.1, -0.05) is 66.8 Å². The minimum Gasteiger partial charge on any atom is -0.441 e. The first-order valence-corrected chi connectivity index (χ1v) is 16.1. The standard InChI is InChI=1S/C36H36N6O8/c1-23(8-6-7-17-39-21-31(37-38-39)29(22-43)26-9-4-3-5-10-26)36(47)30-18-28(42(48)49)15-16-32(30)40(35(36)46)20-25-11-13-27(14-12-25)41-33(45)19-34(41)50-24(2)44/h3-6,8-16,18,21,23,29,34,43,47H,7,17,19-20,22H2,1-2H3/b8-6+/t23-,29?,34?,36+/m1/s1. The molecule has 0 bridgehead atoms. The molecule has 2 N–H and O–H groups in total. The van der Waals surface area contributed by atoms with Crippen molar-refractivity contribution in [3.63, 3.8) is 0 Å². The molecule has 14 heteroatoms. The molecule has 2 unspecified atom stereocenters. The van der Waals surface area contributed by atoms with Gasteiger partial charge in [-0.2, -0.15) is 0 Å². The number of esters is 1. The summed E-state index contributed by atoms with van der Waals surface area (Å²) >= 11 is 0. The number of aliphatic hydroxyl groups is 2. The van der Waals surface area contributed by atoms with Crippen LogP contribution in [0.5, 0.6) is 0 Å². The predicted molar refractivity (Wildman–Crippen MR) is 181 cm³/mol. The first kappa shape index (κ1) is 34.1. The van der Waals surface area contributed by atoms with Gasteiger partial charge in [-0.25, -0.2) is 0 Å². The lowest BCUT2D eigenvalue weighted by Gasteiger charge is -2.39. The van der Waals surface area contributed by atoms with Crippen molar-refractivity contribution in [2.24, 2.45) is 5.92 Å². The zero-order valence-electron chi connectivity index (χ0n) is 27.5. The number of hydrogen-bond acceptors (Lipinski definition) is 10. The van der Waals surface area contributed by atoms with E-state index in [0.717, 1.165) is 5.56 Å². The predicted octanol–water partition coefficient (Wildman–Crippen LogP) is 3.95. The fourth-order valence-corrected chi connectivity index (χ4v) is 6.42. The van der Waals surface area contributed by atoms with Crippen molar-refractivity contribution in [3.05, 3.63) is 124 Å². The molecule has 50 heavy (non-hydrogen) atoms. The van der Waals surface area contributed by atoms with Gasteiger partial charge in [-0.3, -0.25) is 34.1 Å². The van der Waals surface area contributed by atoms with Crippen molar-refractivity contribution in [3.8, 4) is 0 Å². The van der Waals surface area contributed by atoms with E-state index in [0.29, 0.717) is 35.6 Å². The lowest BCUT2D eigenvalue weighted by molar-refractivity contribution is -0.385. The van der Waals surface area contributed by atoms with E-state index >= 15 is 0 Å². The van der Waals surface area contributed by atoms with E-state index < -0.39 is 34.5 Å². The summed E-state index contributed by atoms with van der Waals surface area (Å²) in [7, 11) is 0. The number of aliphatic hydroxyl groups excluding tert-OH is 1. The molecule has 0 radical (unpaired) electrons. The first-order chi connectivity index (χ1) is 24.0. The number of rotatable bonds is 13. The quantitative estimate of drug-likeness (QED) is 0.0690. The Kier molecular flexibility index (Phi) is 9.57. The van der Waals surface area contributed by atoms with Gasteiger partial charge in [-0.05, 0) is 35.7 Å². The zero-order chi connectivity index (χ0) is 35.6. The second-order valence-electron chi connectivity index (χ2n) is 12.4. The summed E-state index contributed by atoms with van der Waals surface area (Å²) in [6.45, 7) is 3.34. The third-order valence-corrected chi connectivity index (χ3v) is 9.13. The van der Waals surface area contributed by atoms with Crippen molar-refractivity contribution in [1.82, 2.24) is 15.0 Å². The van der Waals surface area contributed by atoms with Gasteiger partial charge in [0.1, 0.15) is 0 Å². The van der Waals surface area contributed by atoms with Gasteiger partial charge in [0.05, 0.1) is 41.8 Å². The van der Waals surface area contributed by atoms with E-state index in [2.05, 4.69) is 10.3 Å². The molecule has 2 aliphatic rings. The monoisotopic (exact) mass is 680 g/mol. The van der Waals surface area contributed by atoms with Crippen LogP contribution in [0.2, 0.25) is 0 Å². The molecule has 1 saturated heterocycles. The molecule has 4 atom stereocenters. The van der Waals surface area contributed by atoms with Gasteiger partial charge in [0, 0.05) is 49.0 Å². The molecule has 3 aromatic carbocycles. The van der Waals surface area contributed by atoms with E-state index in [1.165, 1.54) is 34.9 Å². The number of aryl methyl sites for hydroxylation is 1. The maximum absolute atomic E-state index is 14.0. The second-order valence-corrected chi connectivity index (χ2v) is 12.4. The van der Waals surface area contributed by atoms with Crippen molar-refractivity contribution in [2.45, 2.75) is 57.5 Å². The molecule has 258 valence electrons. The molecule has 3 heterocycles. The Labute approximate surface area is 287 Å². The minimum absolute atomic E-state index is 0.0520. The van der Waals surface area contributed by atoms with Crippen LogP contribution in [0.4, 0.5) is 17.1 Å². The normalized spacial score (nSPS) is 19.7. The van der Waals surface area contributed by atoms with Gasteiger partial charge in [0.15, 0.2) is 11.8 Å². The van der Waals surface area contributed by atoms with Gasteiger partial charge in [0.25, 0.3) is 11.6 Å². The first-order valence-electron chi connectivity index (χ1n) is 16.1. The number of anilines is 2. The summed E-state index contributed by atoms with van der Waals surface area (Å²) in [5.74, 6) is -2.38. The van der Waals surface area contributed by atoms with Gasteiger partial charge in [0.2, 0.25) is 5.91 Å². The van der Waals surface area contributed by atoms with Crippen LogP contribution < -0.4 is 9.80 Å². The van der Waals surface area contributed by atoms with E-state index in [1.54, 1.807) is 48.1 Å². The fraction of sp³-hybridized carbons (Fsp3) is 0.306. The second kappa shape index (κ2) is 14.0. The highest BCUT2D eigenvalue weighted by Crippen LogP contribution is 2.47. The minimum atomic E-state index is -2.08. The Hall–Kier alpha value is -5.73. The van der Waals surface area contributed by atoms with E-state index in [-0.39, 0.29) is 42.6 Å². The highest BCUT2D eigenvalue weighted by Gasteiger charge is 2.53. The average Bonchev–Trinajstić information content (AvgIpc) is 3.65. The van der Waals surface area contributed by atoms with Crippen LogP contribution in [0.3, 0.4) is 0 Å². The average molecular weight is 681 g/mol. The maximum atomic E-state index is 14.0. The number of ether oxygens (including phenoxy) is 1. The number of nitro groups is 1. The third-order valence-electron chi connectivity index (χ3n) is 9.13. The van der Waals surface area contributed by atoms with Crippen LogP contribution in [0.15, 0.2) is 91.1 Å². The van der Waals surface area contributed by atoms with E-state index in [4.69, 9.17) is 4.74 Å². The molecule has 0 saturated carbocycles. The number of hydrogen-bond donors (Lipinski definition) is 2. The third kappa shape index (κ3) is 6.50. The van der Waals surface area contributed by atoms with E-state index in [9.17, 15) is 34.7 Å². The summed E-state index contributed by atoms with van der Waals surface area (Å²) in [6, 6.07) is 20.4.